The minimum Gasteiger partial charge on any atom is -0.493 e. The molecule has 0 N–H and O–H groups in total. The van der Waals surface area contributed by atoms with E-state index < -0.39 is 0 Å². The first-order chi connectivity index (χ1) is 15.1. The van der Waals surface area contributed by atoms with Crippen molar-refractivity contribution in [3.05, 3.63) is 53.1 Å². The highest BCUT2D eigenvalue weighted by molar-refractivity contribution is 5.80. The molecule has 2 aromatic carbocycles. The van der Waals surface area contributed by atoms with Gasteiger partial charge in [0.2, 0.25) is 5.91 Å². The third kappa shape index (κ3) is 3.53. The van der Waals surface area contributed by atoms with E-state index in [1.165, 1.54) is 11.1 Å². The van der Waals surface area contributed by atoms with Gasteiger partial charge in [-0.1, -0.05) is 18.2 Å². The van der Waals surface area contributed by atoms with E-state index in [0.29, 0.717) is 26.3 Å². The lowest BCUT2D eigenvalue weighted by molar-refractivity contribution is -0.146. The van der Waals surface area contributed by atoms with Crippen LogP contribution in [0.3, 0.4) is 0 Å². The van der Waals surface area contributed by atoms with Crippen molar-refractivity contribution >= 4 is 5.91 Å². The zero-order chi connectivity index (χ0) is 21.4. The summed E-state index contributed by atoms with van der Waals surface area (Å²) in [6.45, 7) is 2.51. The van der Waals surface area contributed by atoms with E-state index in [-0.39, 0.29) is 17.4 Å². The van der Waals surface area contributed by atoms with Crippen LogP contribution in [0.1, 0.15) is 29.5 Å². The van der Waals surface area contributed by atoms with Crippen LogP contribution in [0.25, 0.3) is 0 Å². The second-order valence-electron chi connectivity index (χ2n) is 8.60. The zero-order valence-electron chi connectivity index (χ0n) is 18.2. The van der Waals surface area contributed by atoms with Crippen LogP contribution in [0, 0.1) is 5.92 Å². The first kappa shape index (κ1) is 20.2. The predicted octanol–water partition coefficient (Wildman–Crippen LogP) is 3.35. The first-order valence-electron chi connectivity index (χ1n) is 11.0. The number of piperidine rings is 1. The van der Waals surface area contributed by atoms with Gasteiger partial charge in [0.15, 0.2) is 11.5 Å². The van der Waals surface area contributed by atoms with Crippen molar-refractivity contribution in [1.82, 2.24) is 4.90 Å². The van der Waals surface area contributed by atoms with Gasteiger partial charge < -0.3 is 23.8 Å². The number of ether oxygens (including phenoxy) is 4. The average molecular weight is 424 g/mol. The molecule has 1 saturated heterocycles. The molecule has 2 aromatic rings. The van der Waals surface area contributed by atoms with Gasteiger partial charge in [-0.25, -0.2) is 0 Å². The molecule has 0 aliphatic carbocycles. The fraction of sp³-hybridized carbons (Fsp3) is 0.480. The Morgan fingerprint density at radius 3 is 2.58 bits per heavy atom. The molecule has 1 spiro atoms. The topological polar surface area (TPSA) is 57.2 Å². The predicted molar refractivity (Wildman–Crippen MR) is 116 cm³/mol. The molecule has 1 fully saturated rings. The Morgan fingerprint density at radius 2 is 1.81 bits per heavy atom. The minimum atomic E-state index is -0.362. The first-order valence-corrected chi connectivity index (χ1v) is 11.0. The third-order valence-corrected chi connectivity index (χ3v) is 6.96. The van der Waals surface area contributed by atoms with Crippen LogP contribution < -0.4 is 14.2 Å². The van der Waals surface area contributed by atoms with Gasteiger partial charge in [0.25, 0.3) is 0 Å². The van der Waals surface area contributed by atoms with Crippen molar-refractivity contribution in [3.8, 4) is 17.2 Å². The number of hydrogen-bond acceptors (Lipinski definition) is 5. The number of methoxy groups -OCH3 is 2. The summed E-state index contributed by atoms with van der Waals surface area (Å²) in [5.74, 6) is 2.45. The number of carbonyl (C=O) groups excluding carboxylic acids is 1. The van der Waals surface area contributed by atoms with Gasteiger partial charge in [-0.05, 0) is 60.6 Å². The van der Waals surface area contributed by atoms with Crippen molar-refractivity contribution in [2.75, 3.05) is 40.5 Å². The monoisotopic (exact) mass is 423 g/mol. The molecule has 6 heteroatoms. The Morgan fingerprint density at radius 1 is 1.06 bits per heavy atom. The van der Waals surface area contributed by atoms with Gasteiger partial charge >= 0.3 is 0 Å². The largest absolute Gasteiger partial charge is 0.493 e. The Labute approximate surface area is 183 Å². The molecule has 0 aromatic heterocycles. The number of benzene rings is 2. The number of nitrogens with zero attached hydrogens (tertiary/aromatic N) is 1. The second-order valence-corrected chi connectivity index (χ2v) is 8.60. The molecule has 3 aliphatic heterocycles. The fourth-order valence-corrected chi connectivity index (χ4v) is 5.23. The number of amides is 1. The van der Waals surface area contributed by atoms with Gasteiger partial charge in [0.1, 0.15) is 12.4 Å². The number of likely N-dealkylation sites (tertiary alicyclic amines) is 1. The van der Waals surface area contributed by atoms with Crippen molar-refractivity contribution in [3.63, 3.8) is 0 Å². The molecule has 0 bridgehead atoms. The van der Waals surface area contributed by atoms with Crippen LogP contribution >= 0.6 is 0 Å². The van der Waals surface area contributed by atoms with E-state index in [9.17, 15) is 4.79 Å². The molecule has 31 heavy (non-hydrogen) atoms. The standard InChI is InChI=1S/C25H29NO5/c1-28-22-14-17-7-12-31-25(20(17)15-23(22)29-2)8-10-26(11-9-25)24(27)19-13-18-5-3-4-6-21(18)30-16-19/h3-6,14-15,19H,7-13,16H2,1-2H3. The summed E-state index contributed by atoms with van der Waals surface area (Å²) in [6.07, 6.45) is 3.17. The van der Waals surface area contributed by atoms with Crippen LogP contribution in [-0.2, 0) is 28.0 Å². The normalized spacial score (nSPS) is 21.6. The molecule has 1 atom stereocenters. The second kappa shape index (κ2) is 8.08. The van der Waals surface area contributed by atoms with E-state index in [1.54, 1.807) is 14.2 Å². The third-order valence-electron chi connectivity index (χ3n) is 6.96. The minimum absolute atomic E-state index is 0.118. The lowest BCUT2D eigenvalue weighted by Gasteiger charge is -2.46. The smallest absolute Gasteiger partial charge is 0.229 e. The molecule has 0 radical (unpaired) electrons. The summed E-state index contributed by atoms with van der Waals surface area (Å²) in [5.41, 5.74) is 3.19. The summed E-state index contributed by atoms with van der Waals surface area (Å²) in [6, 6.07) is 12.1. The van der Waals surface area contributed by atoms with Gasteiger partial charge in [-0.15, -0.1) is 0 Å². The van der Waals surface area contributed by atoms with E-state index >= 15 is 0 Å². The van der Waals surface area contributed by atoms with E-state index in [2.05, 4.69) is 18.2 Å². The van der Waals surface area contributed by atoms with Gasteiger partial charge in [0, 0.05) is 13.1 Å². The number of hydrogen-bond donors (Lipinski definition) is 0. The highest BCUT2D eigenvalue weighted by atomic mass is 16.5. The average Bonchev–Trinajstić information content (AvgIpc) is 2.83. The lowest BCUT2D eigenvalue weighted by atomic mass is 9.79. The Balaban J connectivity index is 1.31. The number of carbonyl (C=O) groups is 1. The molecule has 1 amide bonds. The van der Waals surface area contributed by atoms with Crippen molar-refractivity contribution in [1.29, 1.82) is 0 Å². The summed E-state index contributed by atoms with van der Waals surface area (Å²) in [5, 5.41) is 0. The Bertz CT molecular complexity index is 980. The number of fused-ring (bicyclic) bond motifs is 3. The highest BCUT2D eigenvalue weighted by Gasteiger charge is 2.43. The van der Waals surface area contributed by atoms with Crippen LogP contribution in [0.4, 0.5) is 0 Å². The molecule has 164 valence electrons. The summed E-state index contributed by atoms with van der Waals surface area (Å²) in [7, 11) is 3.32. The fourth-order valence-electron chi connectivity index (χ4n) is 5.23. The maximum atomic E-state index is 13.2. The maximum Gasteiger partial charge on any atom is 0.229 e. The number of para-hydroxylation sites is 1. The summed E-state index contributed by atoms with van der Waals surface area (Å²) < 4.78 is 23.3. The molecule has 1 unspecified atom stereocenters. The van der Waals surface area contributed by atoms with Crippen molar-refractivity contribution in [2.24, 2.45) is 5.92 Å². The zero-order valence-corrected chi connectivity index (χ0v) is 18.2. The summed E-state index contributed by atoms with van der Waals surface area (Å²) >= 11 is 0. The number of rotatable bonds is 3. The lowest BCUT2D eigenvalue weighted by Crippen LogP contribution is -2.50. The maximum absolute atomic E-state index is 13.2. The molecule has 3 heterocycles. The van der Waals surface area contributed by atoms with Crippen LogP contribution in [-0.4, -0.2) is 51.3 Å². The Hall–Kier alpha value is -2.73. The van der Waals surface area contributed by atoms with Gasteiger partial charge in [-0.2, -0.15) is 0 Å². The van der Waals surface area contributed by atoms with Crippen LogP contribution in [0.2, 0.25) is 0 Å². The summed E-state index contributed by atoms with van der Waals surface area (Å²) in [4.78, 5) is 15.2. The van der Waals surface area contributed by atoms with Gasteiger partial charge in [0.05, 0.1) is 32.3 Å². The molecule has 6 nitrogen and oxygen atoms in total. The quantitative estimate of drug-likeness (QED) is 0.758. The van der Waals surface area contributed by atoms with Crippen LogP contribution in [0.5, 0.6) is 17.2 Å². The molecule has 0 saturated carbocycles. The molecular formula is C25H29NO5. The van der Waals surface area contributed by atoms with E-state index in [4.69, 9.17) is 18.9 Å². The van der Waals surface area contributed by atoms with Gasteiger partial charge in [-0.3, -0.25) is 4.79 Å². The van der Waals surface area contributed by atoms with Crippen molar-refractivity contribution < 1.29 is 23.7 Å². The van der Waals surface area contributed by atoms with E-state index in [0.717, 1.165) is 48.5 Å². The van der Waals surface area contributed by atoms with Crippen LogP contribution in [0.15, 0.2) is 36.4 Å². The van der Waals surface area contributed by atoms with Crippen molar-refractivity contribution in [2.45, 2.75) is 31.3 Å². The SMILES string of the molecule is COc1cc2c(cc1OC)C1(CCN(C(=O)C3COc4ccccc4C3)CC1)OCC2. The highest BCUT2D eigenvalue weighted by Crippen LogP contribution is 2.45. The molecule has 3 aliphatic rings. The molecular weight excluding hydrogens is 394 g/mol. The Kier molecular flexibility index (Phi) is 5.26. The molecule has 5 rings (SSSR count). The van der Waals surface area contributed by atoms with E-state index in [1.807, 2.05) is 23.1 Å².